The van der Waals surface area contributed by atoms with Gasteiger partial charge < -0.3 is 15.4 Å². The molecule has 0 bridgehead atoms. The number of hydrogen-bond donors (Lipinski definition) is 1. The predicted octanol–water partition coefficient (Wildman–Crippen LogP) is 1.06. The number of rotatable bonds is 3. The van der Waals surface area contributed by atoms with E-state index in [2.05, 4.69) is 0 Å². The average molecular weight is 200 g/mol. The number of amides is 1. The third kappa shape index (κ3) is 3.18. The monoisotopic (exact) mass is 200 g/mol. The Kier molecular flexibility index (Phi) is 4.20. The van der Waals surface area contributed by atoms with Crippen LogP contribution in [0.25, 0.3) is 0 Å². The fourth-order valence-corrected chi connectivity index (χ4v) is 1.52. The summed E-state index contributed by atoms with van der Waals surface area (Å²) in [5.74, 6) is 0.855. The van der Waals surface area contributed by atoms with E-state index in [1.165, 1.54) is 0 Å². The van der Waals surface area contributed by atoms with E-state index >= 15 is 0 Å². The lowest BCUT2D eigenvalue weighted by Gasteiger charge is -2.16. The summed E-state index contributed by atoms with van der Waals surface area (Å²) in [4.78, 5) is 13.2. The number of carbonyl (C=O) groups excluding carboxylic acids is 1. The average Bonchev–Trinajstić information content (AvgIpc) is 2.62. The van der Waals surface area contributed by atoms with Crippen molar-refractivity contribution >= 4 is 6.09 Å². The van der Waals surface area contributed by atoms with E-state index in [0.29, 0.717) is 25.0 Å². The maximum Gasteiger partial charge on any atom is 0.409 e. The summed E-state index contributed by atoms with van der Waals surface area (Å²) in [5.41, 5.74) is 5.54. The maximum atomic E-state index is 11.5. The molecule has 1 aliphatic rings. The minimum atomic E-state index is -0.186. The van der Waals surface area contributed by atoms with Gasteiger partial charge in [0.15, 0.2) is 0 Å². The lowest BCUT2D eigenvalue weighted by atomic mass is 10.1. The molecular weight excluding hydrogens is 180 g/mol. The van der Waals surface area contributed by atoms with Gasteiger partial charge >= 0.3 is 6.09 Å². The quantitative estimate of drug-likeness (QED) is 0.741. The Hall–Kier alpha value is -0.770. The fraction of sp³-hybridized carbons (Fsp3) is 0.900. The van der Waals surface area contributed by atoms with Crippen LogP contribution in [-0.2, 0) is 4.74 Å². The topological polar surface area (TPSA) is 55.6 Å². The van der Waals surface area contributed by atoms with Crippen molar-refractivity contribution in [3.63, 3.8) is 0 Å². The largest absolute Gasteiger partial charge is 0.449 e. The zero-order chi connectivity index (χ0) is 10.6. The van der Waals surface area contributed by atoms with Crippen LogP contribution in [0.3, 0.4) is 0 Å². The van der Waals surface area contributed by atoms with Crippen molar-refractivity contribution in [1.82, 2.24) is 4.90 Å². The summed E-state index contributed by atoms with van der Waals surface area (Å²) < 4.78 is 5.13. The van der Waals surface area contributed by atoms with Crippen LogP contribution in [0.4, 0.5) is 4.79 Å². The van der Waals surface area contributed by atoms with E-state index in [1.54, 1.807) is 4.90 Å². The molecule has 1 amide bonds. The van der Waals surface area contributed by atoms with Crippen molar-refractivity contribution in [3.05, 3.63) is 0 Å². The van der Waals surface area contributed by atoms with Crippen LogP contribution in [0.15, 0.2) is 0 Å². The fourth-order valence-electron chi connectivity index (χ4n) is 1.52. The summed E-state index contributed by atoms with van der Waals surface area (Å²) in [6, 6.07) is 0. The number of ether oxygens (including phenoxy) is 1. The minimum absolute atomic E-state index is 0.186. The molecule has 1 rings (SSSR count). The van der Waals surface area contributed by atoms with E-state index in [4.69, 9.17) is 10.5 Å². The smallest absolute Gasteiger partial charge is 0.409 e. The van der Waals surface area contributed by atoms with Gasteiger partial charge in [-0.25, -0.2) is 4.79 Å². The molecule has 82 valence electrons. The molecule has 0 aromatic rings. The molecule has 1 atom stereocenters. The first-order valence-electron chi connectivity index (χ1n) is 5.25. The lowest BCUT2D eigenvalue weighted by molar-refractivity contribution is 0.0985. The second-order valence-corrected chi connectivity index (χ2v) is 4.31. The Morgan fingerprint density at radius 2 is 2.36 bits per heavy atom. The Bertz CT molecular complexity index is 195. The summed E-state index contributed by atoms with van der Waals surface area (Å²) in [5, 5.41) is 0. The normalized spacial score (nSPS) is 21.7. The maximum absolute atomic E-state index is 11.5. The van der Waals surface area contributed by atoms with Gasteiger partial charge in [-0.1, -0.05) is 13.8 Å². The SMILES string of the molecule is CC(C)COC(=O)N1CC[C@@H](CN)C1. The molecule has 1 heterocycles. The van der Waals surface area contributed by atoms with E-state index in [1.807, 2.05) is 13.8 Å². The standard InChI is InChI=1S/C10H20N2O2/c1-8(2)7-14-10(13)12-4-3-9(5-11)6-12/h8-9H,3-7,11H2,1-2H3/t9-/m0/s1. The molecular formula is C10H20N2O2. The number of nitrogens with two attached hydrogens (primary N) is 1. The summed E-state index contributed by atoms with van der Waals surface area (Å²) in [6.45, 7) is 6.77. The van der Waals surface area contributed by atoms with Crippen LogP contribution >= 0.6 is 0 Å². The van der Waals surface area contributed by atoms with Gasteiger partial charge in [-0.05, 0) is 24.8 Å². The zero-order valence-electron chi connectivity index (χ0n) is 9.03. The van der Waals surface area contributed by atoms with Crippen LogP contribution in [0.2, 0.25) is 0 Å². The molecule has 0 aromatic heterocycles. The van der Waals surface area contributed by atoms with Gasteiger partial charge in [-0.2, -0.15) is 0 Å². The lowest BCUT2D eigenvalue weighted by Crippen LogP contribution is -2.31. The van der Waals surface area contributed by atoms with Gasteiger partial charge in [0.25, 0.3) is 0 Å². The number of hydrogen-bond acceptors (Lipinski definition) is 3. The summed E-state index contributed by atoms with van der Waals surface area (Å²) >= 11 is 0. The van der Waals surface area contributed by atoms with Gasteiger partial charge in [0.05, 0.1) is 6.61 Å². The van der Waals surface area contributed by atoms with Crippen molar-refractivity contribution in [3.8, 4) is 0 Å². The van der Waals surface area contributed by atoms with Crippen LogP contribution in [0, 0.1) is 11.8 Å². The highest BCUT2D eigenvalue weighted by atomic mass is 16.6. The third-order valence-corrected chi connectivity index (χ3v) is 2.42. The first-order valence-corrected chi connectivity index (χ1v) is 5.25. The second-order valence-electron chi connectivity index (χ2n) is 4.31. The van der Waals surface area contributed by atoms with Gasteiger partial charge in [0.2, 0.25) is 0 Å². The molecule has 4 nitrogen and oxygen atoms in total. The third-order valence-electron chi connectivity index (χ3n) is 2.42. The van der Waals surface area contributed by atoms with Gasteiger partial charge in [0, 0.05) is 13.1 Å². The second kappa shape index (κ2) is 5.20. The highest BCUT2D eigenvalue weighted by Gasteiger charge is 2.26. The highest BCUT2D eigenvalue weighted by molar-refractivity contribution is 5.67. The predicted molar refractivity (Wildman–Crippen MR) is 54.9 cm³/mol. The van der Waals surface area contributed by atoms with E-state index in [0.717, 1.165) is 19.5 Å². The number of likely N-dealkylation sites (tertiary alicyclic amines) is 1. The Balaban J connectivity index is 2.25. The van der Waals surface area contributed by atoms with Crippen LogP contribution < -0.4 is 5.73 Å². The van der Waals surface area contributed by atoms with Gasteiger partial charge in [-0.3, -0.25) is 0 Å². The number of nitrogens with zero attached hydrogens (tertiary/aromatic N) is 1. The molecule has 2 N–H and O–H groups in total. The molecule has 0 aliphatic carbocycles. The molecule has 1 aliphatic heterocycles. The molecule has 1 fully saturated rings. The molecule has 1 saturated heterocycles. The van der Waals surface area contributed by atoms with Crippen molar-refractivity contribution < 1.29 is 9.53 Å². The first-order chi connectivity index (χ1) is 6.63. The van der Waals surface area contributed by atoms with E-state index in [-0.39, 0.29) is 6.09 Å². The van der Waals surface area contributed by atoms with E-state index in [9.17, 15) is 4.79 Å². The molecule has 14 heavy (non-hydrogen) atoms. The van der Waals surface area contributed by atoms with E-state index < -0.39 is 0 Å². The molecule has 0 unspecified atom stereocenters. The van der Waals surface area contributed by atoms with Gasteiger partial charge in [-0.15, -0.1) is 0 Å². The minimum Gasteiger partial charge on any atom is -0.449 e. The number of carbonyl (C=O) groups is 1. The molecule has 4 heteroatoms. The Morgan fingerprint density at radius 3 is 2.86 bits per heavy atom. The van der Waals surface area contributed by atoms with Crippen LogP contribution in [0.1, 0.15) is 20.3 Å². The molecule has 0 saturated carbocycles. The van der Waals surface area contributed by atoms with Crippen LogP contribution in [-0.4, -0.2) is 37.2 Å². The van der Waals surface area contributed by atoms with Crippen molar-refractivity contribution in [2.45, 2.75) is 20.3 Å². The van der Waals surface area contributed by atoms with Crippen molar-refractivity contribution in [2.75, 3.05) is 26.2 Å². The molecule has 0 radical (unpaired) electrons. The van der Waals surface area contributed by atoms with Gasteiger partial charge in [0.1, 0.15) is 0 Å². The molecule has 0 spiro atoms. The highest BCUT2D eigenvalue weighted by Crippen LogP contribution is 2.15. The summed E-state index contributed by atoms with van der Waals surface area (Å²) in [7, 11) is 0. The molecule has 0 aromatic carbocycles. The zero-order valence-corrected chi connectivity index (χ0v) is 9.03. The Morgan fingerprint density at radius 1 is 1.64 bits per heavy atom. The first kappa shape index (κ1) is 11.3. The van der Waals surface area contributed by atoms with Crippen LogP contribution in [0.5, 0.6) is 0 Å². The van der Waals surface area contributed by atoms with Crippen molar-refractivity contribution in [1.29, 1.82) is 0 Å². The van der Waals surface area contributed by atoms with Crippen molar-refractivity contribution in [2.24, 2.45) is 17.6 Å². The summed E-state index contributed by atoms with van der Waals surface area (Å²) in [6.07, 6.45) is 0.822. The Labute approximate surface area is 85.4 Å².